The number of hydrogen-bond donors (Lipinski definition) is 2. The molecule has 0 fully saturated rings. The van der Waals surface area contributed by atoms with Crippen LogP contribution in [0, 0.1) is 5.92 Å². The molecule has 1 heterocycles. The van der Waals surface area contributed by atoms with Gasteiger partial charge in [-0.25, -0.2) is 0 Å². The summed E-state index contributed by atoms with van der Waals surface area (Å²) in [5.41, 5.74) is 3.06. The first-order chi connectivity index (χ1) is 16.5. The van der Waals surface area contributed by atoms with E-state index in [-0.39, 0.29) is 12.5 Å². The van der Waals surface area contributed by atoms with Crippen LogP contribution in [0.15, 0.2) is 54.6 Å². The number of methoxy groups -OCH3 is 1. The molecule has 0 spiro atoms. The van der Waals surface area contributed by atoms with Gasteiger partial charge in [0.05, 0.1) is 19.6 Å². The van der Waals surface area contributed by atoms with Gasteiger partial charge in [0.2, 0.25) is 6.79 Å². The van der Waals surface area contributed by atoms with Crippen molar-refractivity contribution in [1.82, 2.24) is 0 Å². The largest absolute Gasteiger partial charge is 0.508 e. The molecular weight excluding hydrogens is 436 g/mol. The van der Waals surface area contributed by atoms with Gasteiger partial charge >= 0.3 is 5.97 Å². The molecule has 2 N–H and O–H groups in total. The Bertz CT molecular complexity index is 1240. The van der Waals surface area contributed by atoms with Crippen molar-refractivity contribution in [3.63, 3.8) is 0 Å². The number of carboxylic acid groups (broad SMARTS) is 1. The highest BCUT2D eigenvalue weighted by Gasteiger charge is 2.47. The zero-order chi connectivity index (χ0) is 23.8. The summed E-state index contributed by atoms with van der Waals surface area (Å²) in [5, 5.41) is 21.3. The zero-order valence-electron chi connectivity index (χ0n) is 19.0. The number of aliphatic carboxylic acids is 1. The summed E-state index contributed by atoms with van der Waals surface area (Å²) in [6, 6.07) is 16.3. The summed E-state index contributed by atoms with van der Waals surface area (Å²) in [7, 11) is 1.52. The van der Waals surface area contributed by atoms with Gasteiger partial charge in [-0.2, -0.15) is 0 Å². The van der Waals surface area contributed by atoms with Gasteiger partial charge < -0.3 is 29.2 Å². The Kier molecular flexibility index (Phi) is 5.69. The van der Waals surface area contributed by atoms with Gasteiger partial charge in [-0.15, -0.1) is 0 Å². The molecule has 1 aliphatic heterocycles. The lowest BCUT2D eigenvalue weighted by molar-refractivity contribution is -0.142. The molecule has 0 radical (unpaired) electrons. The molecule has 0 amide bonds. The van der Waals surface area contributed by atoms with Gasteiger partial charge in [-0.05, 0) is 53.4 Å². The van der Waals surface area contributed by atoms with E-state index in [1.54, 1.807) is 12.1 Å². The number of carbonyl (C=O) groups is 1. The smallest absolute Gasteiger partial charge is 0.308 e. The fourth-order valence-electron chi connectivity index (χ4n) is 5.05. The van der Waals surface area contributed by atoms with Crippen LogP contribution >= 0.6 is 0 Å². The molecule has 1 unspecified atom stereocenters. The highest BCUT2D eigenvalue weighted by atomic mass is 16.7. The molecule has 0 bridgehead atoms. The number of phenolic OH excluding ortho intramolecular Hbond substituents is 1. The van der Waals surface area contributed by atoms with Crippen LogP contribution in [0.25, 0.3) is 0 Å². The van der Waals surface area contributed by atoms with E-state index in [0.717, 1.165) is 23.1 Å². The van der Waals surface area contributed by atoms with Gasteiger partial charge in [0, 0.05) is 23.5 Å². The van der Waals surface area contributed by atoms with Crippen LogP contribution in [-0.2, 0) is 4.79 Å². The fourth-order valence-corrected chi connectivity index (χ4v) is 5.05. The standard InChI is InChI=1S/C27H26O7/c1-3-10-32-17-6-7-18-20(12-17)25(19-8-5-16(31-2)13-21(19)28)26(27(29)30)24(18)15-4-9-22-23(11-15)34-14-33-22/h4-9,11-13,24-26,28H,3,10,14H2,1-2H3,(H,29,30)/t24?,25-,26-/m0/s1. The molecule has 5 rings (SSSR count). The Labute approximate surface area is 197 Å². The Morgan fingerprint density at radius 3 is 2.44 bits per heavy atom. The second kappa shape index (κ2) is 8.82. The topological polar surface area (TPSA) is 94.5 Å². The number of carboxylic acids is 1. The van der Waals surface area contributed by atoms with Crippen LogP contribution in [-0.4, -0.2) is 36.7 Å². The van der Waals surface area contributed by atoms with Crippen LogP contribution in [0.2, 0.25) is 0 Å². The molecule has 7 heteroatoms. The van der Waals surface area contributed by atoms with E-state index in [9.17, 15) is 15.0 Å². The molecule has 3 aromatic rings. The Balaban J connectivity index is 1.68. The third-order valence-electron chi connectivity index (χ3n) is 6.53. The molecule has 1 aliphatic carbocycles. The lowest BCUT2D eigenvalue weighted by Gasteiger charge is -2.23. The molecule has 7 nitrogen and oxygen atoms in total. The lowest BCUT2D eigenvalue weighted by Crippen LogP contribution is -2.24. The van der Waals surface area contributed by atoms with E-state index in [1.165, 1.54) is 13.2 Å². The average molecular weight is 462 g/mol. The van der Waals surface area contributed by atoms with Crippen molar-refractivity contribution in [3.05, 3.63) is 76.9 Å². The van der Waals surface area contributed by atoms with Gasteiger partial charge in [0.15, 0.2) is 11.5 Å². The summed E-state index contributed by atoms with van der Waals surface area (Å²) in [6.45, 7) is 2.73. The first kappa shape index (κ1) is 21.9. The summed E-state index contributed by atoms with van der Waals surface area (Å²) in [4.78, 5) is 12.8. The maximum atomic E-state index is 12.8. The van der Waals surface area contributed by atoms with Crippen molar-refractivity contribution in [2.45, 2.75) is 25.2 Å². The number of benzene rings is 3. The highest BCUT2D eigenvalue weighted by molar-refractivity contribution is 5.78. The van der Waals surface area contributed by atoms with Gasteiger partial charge in [0.25, 0.3) is 0 Å². The van der Waals surface area contributed by atoms with Crippen molar-refractivity contribution >= 4 is 5.97 Å². The second-order valence-electron chi connectivity index (χ2n) is 8.50. The van der Waals surface area contributed by atoms with E-state index in [4.69, 9.17) is 18.9 Å². The SMILES string of the molecule is CCCOc1ccc2c(c1)[C@H](c1ccc(OC)cc1O)[C@@H](C(=O)O)C2c1ccc2c(c1)OCO2. The lowest BCUT2D eigenvalue weighted by atomic mass is 9.79. The Morgan fingerprint density at radius 2 is 1.71 bits per heavy atom. The number of hydrogen-bond acceptors (Lipinski definition) is 6. The number of rotatable bonds is 7. The van der Waals surface area contributed by atoms with E-state index in [2.05, 4.69) is 0 Å². The first-order valence-corrected chi connectivity index (χ1v) is 11.3. The Morgan fingerprint density at radius 1 is 0.941 bits per heavy atom. The quantitative estimate of drug-likeness (QED) is 0.516. The molecule has 2 aliphatic rings. The van der Waals surface area contributed by atoms with E-state index >= 15 is 0 Å². The first-order valence-electron chi connectivity index (χ1n) is 11.3. The van der Waals surface area contributed by atoms with Crippen LogP contribution in [0.5, 0.6) is 28.7 Å². The van der Waals surface area contributed by atoms with Crippen LogP contribution in [0.1, 0.15) is 47.4 Å². The predicted molar refractivity (Wildman–Crippen MR) is 124 cm³/mol. The molecule has 3 atom stereocenters. The number of aromatic hydroxyl groups is 1. The van der Waals surface area contributed by atoms with Crippen molar-refractivity contribution in [1.29, 1.82) is 0 Å². The highest BCUT2D eigenvalue weighted by Crippen LogP contribution is 2.55. The van der Waals surface area contributed by atoms with Gasteiger partial charge in [-0.1, -0.05) is 25.1 Å². The van der Waals surface area contributed by atoms with E-state index in [0.29, 0.717) is 35.2 Å². The number of ether oxygens (including phenoxy) is 4. The van der Waals surface area contributed by atoms with Gasteiger partial charge in [-0.3, -0.25) is 4.79 Å². The molecule has 176 valence electrons. The van der Waals surface area contributed by atoms with Gasteiger partial charge in [0.1, 0.15) is 17.2 Å². The minimum atomic E-state index is -0.949. The Hall–Kier alpha value is -3.87. The van der Waals surface area contributed by atoms with Crippen molar-refractivity contribution in [2.24, 2.45) is 5.92 Å². The van der Waals surface area contributed by atoms with Crippen molar-refractivity contribution in [2.75, 3.05) is 20.5 Å². The maximum absolute atomic E-state index is 12.8. The van der Waals surface area contributed by atoms with Crippen LogP contribution in [0.3, 0.4) is 0 Å². The summed E-state index contributed by atoms with van der Waals surface area (Å²) >= 11 is 0. The summed E-state index contributed by atoms with van der Waals surface area (Å²) < 4.78 is 22.1. The third kappa shape index (κ3) is 3.67. The second-order valence-corrected chi connectivity index (χ2v) is 8.50. The third-order valence-corrected chi connectivity index (χ3v) is 6.53. The fraction of sp³-hybridized carbons (Fsp3) is 0.296. The average Bonchev–Trinajstić information content (AvgIpc) is 3.44. The predicted octanol–water partition coefficient (Wildman–Crippen LogP) is 4.90. The normalized spacial score (nSPS) is 20.1. The van der Waals surface area contributed by atoms with Crippen molar-refractivity contribution < 1.29 is 34.0 Å². The molecule has 34 heavy (non-hydrogen) atoms. The summed E-state index contributed by atoms with van der Waals surface area (Å²) in [5.74, 6) is -0.428. The molecule has 0 saturated carbocycles. The maximum Gasteiger partial charge on any atom is 0.308 e. The number of phenols is 1. The van der Waals surface area contributed by atoms with Crippen LogP contribution < -0.4 is 18.9 Å². The molecule has 0 aromatic heterocycles. The van der Waals surface area contributed by atoms with Crippen LogP contribution in [0.4, 0.5) is 0 Å². The molecular formula is C27H26O7. The monoisotopic (exact) mass is 462 g/mol. The summed E-state index contributed by atoms with van der Waals surface area (Å²) in [6.07, 6.45) is 0.858. The van der Waals surface area contributed by atoms with E-state index in [1.807, 2.05) is 43.3 Å². The minimum absolute atomic E-state index is 0.00670. The number of fused-ring (bicyclic) bond motifs is 2. The minimum Gasteiger partial charge on any atom is -0.508 e. The van der Waals surface area contributed by atoms with Crippen molar-refractivity contribution in [3.8, 4) is 28.7 Å². The molecule has 3 aromatic carbocycles. The van der Waals surface area contributed by atoms with E-state index < -0.39 is 23.7 Å². The zero-order valence-corrected chi connectivity index (χ0v) is 19.0. The molecule has 0 saturated heterocycles.